The molecule has 4 heteroatoms. The highest BCUT2D eigenvalue weighted by molar-refractivity contribution is 7.56. The molecule has 0 amide bonds. The van der Waals surface area contributed by atoms with Crippen LogP contribution in [0.4, 0.5) is 0 Å². The van der Waals surface area contributed by atoms with Gasteiger partial charge in [0.1, 0.15) is 5.75 Å². The lowest BCUT2D eigenvalue weighted by Gasteiger charge is -2.34. The Balaban J connectivity index is 2.03. The molecule has 0 aliphatic carbocycles. The van der Waals surface area contributed by atoms with Crippen LogP contribution in [0.2, 0.25) is 0 Å². The smallest absolute Gasteiger partial charge is 0.324 e. The highest BCUT2D eigenvalue weighted by Crippen LogP contribution is 2.63. The molecule has 0 radical (unpaired) electrons. The van der Waals surface area contributed by atoms with Gasteiger partial charge in [0.2, 0.25) is 0 Å². The van der Waals surface area contributed by atoms with Crippen LogP contribution in [0, 0.1) is 0 Å². The molecule has 1 unspecified atom stereocenters. The third-order valence-corrected chi connectivity index (χ3v) is 7.03. The van der Waals surface area contributed by atoms with Crippen molar-refractivity contribution < 1.29 is 9.09 Å². The van der Waals surface area contributed by atoms with Crippen molar-refractivity contribution in [3.05, 3.63) is 54.1 Å². The molecule has 122 valence electrons. The first-order valence-electron chi connectivity index (χ1n) is 8.17. The zero-order valence-electron chi connectivity index (χ0n) is 14.2. The zero-order chi connectivity index (χ0) is 16.6. The highest BCUT2D eigenvalue weighted by atomic mass is 31.2. The van der Waals surface area contributed by atoms with Crippen LogP contribution in [0.15, 0.2) is 48.5 Å². The molecule has 0 spiro atoms. The lowest BCUT2D eigenvalue weighted by molar-refractivity contribution is 0.270. The zero-order valence-corrected chi connectivity index (χ0v) is 15.1. The third kappa shape index (κ3) is 2.96. The molecular weight excluding hydrogens is 305 g/mol. The molecule has 1 heterocycles. The second kappa shape index (κ2) is 6.14. The summed E-state index contributed by atoms with van der Waals surface area (Å²) < 4.78 is 21.7. The summed E-state index contributed by atoms with van der Waals surface area (Å²) in [6.07, 6.45) is 0.485. The average molecular weight is 329 g/mol. The van der Waals surface area contributed by atoms with Gasteiger partial charge in [0.15, 0.2) is 0 Å². The summed E-state index contributed by atoms with van der Waals surface area (Å²) in [5.74, 6) is 0.785. The van der Waals surface area contributed by atoms with E-state index in [4.69, 9.17) is 4.52 Å². The summed E-state index contributed by atoms with van der Waals surface area (Å²) in [6, 6.07) is 16.6. The van der Waals surface area contributed by atoms with Gasteiger partial charge < -0.3 is 4.52 Å². The molecule has 0 saturated carbocycles. The van der Waals surface area contributed by atoms with Crippen LogP contribution in [0.1, 0.15) is 33.3 Å². The van der Waals surface area contributed by atoms with E-state index in [2.05, 4.69) is 39.8 Å². The maximum Gasteiger partial charge on any atom is 0.324 e. The molecule has 0 saturated heterocycles. The fourth-order valence-corrected chi connectivity index (χ4v) is 6.39. The van der Waals surface area contributed by atoms with Crippen molar-refractivity contribution in [1.82, 2.24) is 4.67 Å². The van der Waals surface area contributed by atoms with Crippen molar-refractivity contribution in [2.75, 3.05) is 0 Å². The summed E-state index contributed by atoms with van der Waals surface area (Å²) >= 11 is 0. The first-order valence-corrected chi connectivity index (χ1v) is 9.93. The van der Waals surface area contributed by atoms with Gasteiger partial charge >= 0.3 is 7.52 Å². The Morgan fingerprint density at radius 3 is 2.22 bits per heavy atom. The first kappa shape index (κ1) is 16.3. The van der Waals surface area contributed by atoms with E-state index >= 15 is 0 Å². The van der Waals surface area contributed by atoms with E-state index in [0.29, 0.717) is 6.16 Å². The largest absolute Gasteiger partial charge is 0.431 e. The summed E-state index contributed by atoms with van der Waals surface area (Å²) in [4.78, 5) is 0. The Labute approximate surface area is 138 Å². The number of benzene rings is 2. The molecule has 23 heavy (non-hydrogen) atoms. The Morgan fingerprint density at radius 1 is 0.957 bits per heavy atom. The van der Waals surface area contributed by atoms with Crippen LogP contribution in [-0.2, 0) is 10.7 Å². The van der Waals surface area contributed by atoms with Crippen molar-refractivity contribution >= 4 is 7.52 Å². The minimum atomic E-state index is -2.89. The Hall–Kier alpha value is -1.57. The predicted octanol–water partition coefficient (Wildman–Crippen LogP) is 5.56. The van der Waals surface area contributed by atoms with Gasteiger partial charge in [-0.15, -0.1) is 0 Å². The van der Waals surface area contributed by atoms with Gasteiger partial charge in [-0.05, 0) is 33.3 Å². The maximum atomic E-state index is 13.5. The third-order valence-electron chi connectivity index (χ3n) is 4.20. The normalized spacial score (nSPS) is 20.1. The molecular formula is C19H24NO2P. The van der Waals surface area contributed by atoms with Gasteiger partial charge in [0, 0.05) is 23.2 Å². The molecule has 3 rings (SSSR count). The van der Waals surface area contributed by atoms with Crippen molar-refractivity contribution in [3.8, 4) is 16.9 Å². The van der Waals surface area contributed by atoms with Gasteiger partial charge in [-0.3, -0.25) is 4.57 Å². The van der Waals surface area contributed by atoms with E-state index in [-0.39, 0.29) is 12.1 Å². The minimum absolute atomic E-state index is 0.176. The van der Waals surface area contributed by atoms with Gasteiger partial charge in [0.25, 0.3) is 0 Å². The summed E-state index contributed by atoms with van der Waals surface area (Å²) in [6.45, 7) is 8.29. The van der Waals surface area contributed by atoms with Crippen molar-refractivity contribution in [3.63, 3.8) is 0 Å². The number of rotatable bonds is 4. The van der Waals surface area contributed by atoms with Gasteiger partial charge in [-0.2, -0.15) is 0 Å². The van der Waals surface area contributed by atoms with E-state index in [1.165, 1.54) is 0 Å². The van der Waals surface area contributed by atoms with E-state index in [1.807, 2.05) is 41.1 Å². The number of para-hydroxylation sites is 1. The molecule has 0 N–H and O–H groups in total. The molecule has 1 atom stereocenters. The summed E-state index contributed by atoms with van der Waals surface area (Å²) in [5, 5.41) is 0. The SMILES string of the molecule is CC(C)N(C(C)C)P1(=O)Cc2cccc(-c3ccccc3)c2O1. The number of hydrogen-bond acceptors (Lipinski definition) is 2. The molecule has 0 fully saturated rings. The fourth-order valence-electron chi connectivity index (χ4n) is 3.48. The molecule has 1 aliphatic rings. The summed E-state index contributed by atoms with van der Waals surface area (Å²) in [7, 11) is -2.89. The maximum absolute atomic E-state index is 13.5. The van der Waals surface area contributed by atoms with Crippen molar-refractivity contribution in [2.45, 2.75) is 45.9 Å². The number of fused-ring (bicyclic) bond motifs is 1. The Bertz CT molecular complexity index is 732. The van der Waals surface area contributed by atoms with Crippen molar-refractivity contribution in [2.24, 2.45) is 0 Å². The van der Waals surface area contributed by atoms with E-state index in [0.717, 1.165) is 22.4 Å². The van der Waals surface area contributed by atoms with Gasteiger partial charge in [-0.25, -0.2) is 4.67 Å². The molecule has 0 bridgehead atoms. The quantitative estimate of drug-likeness (QED) is 0.688. The van der Waals surface area contributed by atoms with E-state index < -0.39 is 7.52 Å². The monoisotopic (exact) mass is 329 g/mol. The fraction of sp³-hybridized carbons (Fsp3) is 0.368. The van der Waals surface area contributed by atoms with Crippen LogP contribution in [0.5, 0.6) is 5.75 Å². The standard InChI is InChI=1S/C19H24NO2P/c1-14(2)20(15(3)4)23(21)13-17-11-8-12-18(19(17)22-23)16-9-6-5-7-10-16/h5-12,14-15H,13H2,1-4H3. The Morgan fingerprint density at radius 2 is 1.61 bits per heavy atom. The Kier molecular flexibility index (Phi) is 4.35. The average Bonchev–Trinajstić information content (AvgIpc) is 2.83. The molecule has 1 aliphatic heterocycles. The van der Waals surface area contributed by atoms with Gasteiger partial charge in [-0.1, -0.05) is 48.5 Å². The molecule has 2 aromatic carbocycles. The second-order valence-corrected chi connectivity index (χ2v) is 8.85. The minimum Gasteiger partial charge on any atom is -0.431 e. The van der Waals surface area contributed by atoms with E-state index in [9.17, 15) is 4.57 Å². The topological polar surface area (TPSA) is 29.5 Å². The van der Waals surface area contributed by atoms with E-state index in [1.54, 1.807) is 0 Å². The van der Waals surface area contributed by atoms with Crippen LogP contribution in [0.25, 0.3) is 11.1 Å². The molecule has 2 aromatic rings. The van der Waals surface area contributed by atoms with Crippen LogP contribution in [-0.4, -0.2) is 16.8 Å². The number of hydrogen-bond donors (Lipinski definition) is 0. The predicted molar refractivity (Wildman–Crippen MR) is 95.9 cm³/mol. The van der Waals surface area contributed by atoms with Gasteiger partial charge in [0.05, 0.1) is 6.16 Å². The second-order valence-electron chi connectivity index (χ2n) is 6.61. The lowest BCUT2D eigenvalue weighted by Crippen LogP contribution is -2.35. The van der Waals surface area contributed by atoms with Crippen LogP contribution in [0.3, 0.4) is 0 Å². The molecule has 0 aromatic heterocycles. The first-order chi connectivity index (χ1) is 10.9. The lowest BCUT2D eigenvalue weighted by atomic mass is 10.0. The molecule has 3 nitrogen and oxygen atoms in total. The van der Waals surface area contributed by atoms with Crippen molar-refractivity contribution in [1.29, 1.82) is 0 Å². The highest BCUT2D eigenvalue weighted by Gasteiger charge is 2.43. The summed E-state index contributed by atoms with van der Waals surface area (Å²) in [5.41, 5.74) is 3.16. The van der Waals surface area contributed by atoms with Crippen LogP contribution >= 0.6 is 7.52 Å². The number of nitrogens with zero attached hydrogens (tertiary/aromatic N) is 1. The van der Waals surface area contributed by atoms with Crippen LogP contribution < -0.4 is 4.52 Å².